The fourth-order valence-electron chi connectivity index (χ4n) is 3.19. The van der Waals surface area contributed by atoms with Crippen molar-refractivity contribution in [2.75, 3.05) is 18.4 Å². The standard InChI is InChI=1S/C21H21BrN4O3/c1-14(29-18-4-2-3-15(11-18)12-23)21(28)26-9-7-16(8-10-26)20(27)25-19-6-5-17(22)13-24-19/h2-6,11,13-14,16H,7-10H2,1H3,(H,24,25,27). The Bertz CT molecular complexity index is 918. The van der Waals surface area contributed by atoms with Gasteiger partial charge in [0.25, 0.3) is 5.91 Å². The summed E-state index contributed by atoms with van der Waals surface area (Å²) in [6, 6.07) is 12.3. The highest BCUT2D eigenvalue weighted by atomic mass is 79.9. The number of aromatic nitrogens is 1. The van der Waals surface area contributed by atoms with Gasteiger partial charge in [0.2, 0.25) is 5.91 Å². The first-order chi connectivity index (χ1) is 14.0. The van der Waals surface area contributed by atoms with Crippen molar-refractivity contribution in [1.29, 1.82) is 5.26 Å². The molecule has 0 aliphatic carbocycles. The summed E-state index contributed by atoms with van der Waals surface area (Å²) in [6.07, 6.45) is 2.14. The van der Waals surface area contributed by atoms with Gasteiger partial charge in [-0.1, -0.05) is 6.07 Å². The van der Waals surface area contributed by atoms with Gasteiger partial charge in [-0.2, -0.15) is 5.26 Å². The number of carbonyl (C=O) groups excluding carboxylic acids is 2. The number of pyridine rings is 1. The zero-order valence-corrected chi connectivity index (χ0v) is 17.6. The van der Waals surface area contributed by atoms with Crippen molar-refractivity contribution < 1.29 is 14.3 Å². The Hall–Kier alpha value is -2.92. The predicted octanol–water partition coefficient (Wildman–Crippen LogP) is 3.36. The Morgan fingerprint density at radius 2 is 2.07 bits per heavy atom. The van der Waals surface area contributed by atoms with Crippen LogP contribution in [0.1, 0.15) is 25.3 Å². The summed E-state index contributed by atoms with van der Waals surface area (Å²) >= 11 is 3.31. The molecule has 2 amide bonds. The van der Waals surface area contributed by atoms with Gasteiger partial charge in [-0.3, -0.25) is 9.59 Å². The van der Waals surface area contributed by atoms with E-state index in [9.17, 15) is 9.59 Å². The molecule has 1 saturated heterocycles. The molecule has 8 heteroatoms. The Balaban J connectivity index is 1.50. The number of carbonyl (C=O) groups is 2. The van der Waals surface area contributed by atoms with E-state index in [1.807, 2.05) is 12.1 Å². The number of nitrogens with one attached hydrogen (secondary N) is 1. The van der Waals surface area contributed by atoms with Gasteiger partial charge in [0.1, 0.15) is 11.6 Å². The molecule has 29 heavy (non-hydrogen) atoms. The number of anilines is 1. The molecule has 1 aliphatic rings. The van der Waals surface area contributed by atoms with E-state index >= 15 is 0 Å². The molecule has 1 aromatic carbocycles. The molecule has 1 N–H and O–H groups in total. The number of piperidine rings is 1. The van der Waals surface area contributed by atoms with E-state index in [1.165, 1.54) is 0 Å². The minimum Gasteiger partial charge on any atom is -0.481 e. The summed E-state index contributed by atoms with van der Waals surface area (Å²) in [4.78, 5) is 31.0. The molecule has 2 heterocycles. The molecule has 1 unspecified atom stereocenters. The van der Waals surface area contributed by atoms with Crippen LogP contribution in [0.5, 0.6) is 5.75 Å². The van der Waals surface area contributed by atoms with E-state index in [2.05, 4.69) is 26.2 Å². The lowest BCUT2D eigenvalue weighted by atomic mass is 9.95. The maximum atomic E-state index is 12.7. The van der Waals surface area contributed by atoms with E-state index in [0.717, 1.165) is 4.47 Å². The van der Waals surface area contributed by atoms with Crippen LogP contribution in [-0.4, -0.2) is 40.9 Å². The molecule has 0 saturated carbocycles. The van der Waals surface area contributed by atoms with Gasteiger partial charge in [0.05, 0.1) is 11.6 Å². The number of benzene rings is 1. The fraction of sp³-hybridized carbons (Fsp3) is 0.333. The van der Waals surface area contributed by atoms with Gasteiger partial charge in [-0.15, -0.1) is 0 Å². The van der Waals surface area contributed by atoms with Crippen molar-refractivity contribution in [3.8, 4) is 11.8 Å². The van der Waals surface area contributed by atoms with Crippen LogP contribution in [0.25, 0.3) is 0 Å². The zero-order chi connectivity index (χ0) is 20.8. The molecule has 150 valence electrons. The van der Waals surface area contributed by atoms with Gasteiger partial charge < -0.3 is 15.0 Å². The minimum atomic E-state index is -0.665. The van der Waals surface area contributed by atoms with E-state index < -0.39 is 6.10 Å². The Kier molecular flexibility index (Phi) is 6.83. The lowest BCUT2D eigenvalue weighted by Crippen LogP contribution is -2.46. The van der Waals surface area contributed by atoms with Crippen LogP contribution in [-0.2, 0) is 9.59 Å². The van der Waals surface area contributed by atoms with Gasteiger partial charge in [-0.25, -0.2) is 4.98 Å². The van der Waals surface area contributed by atoms with Crippen molar-refractivity contribution in [2.45, 2.75) is 25.9 Å². The molecule has 1 atom stereocenters. The number of hydrogen-bond acceptors (Lipinski definition) is 5. The van der Waals surface area contributed by atoms with E-state index in [0.29, 0.717) is 43.1 Å². The van der Waals surface area contributed by atoms with Crippen molar-refractivity contribution in [1.82, 2.24) is 9.88 Å². The summed E-state index contributed by atoms with van der Waals surface area (Å²) in [5.74, 6) is 0.637. The number of halogens is 1. The van der Waals surface area contributed by atoms with E-state index in [4.69, 9.17) is 10.00 Å². The summed E-state index contributed by atoms with van der Waals surface area (Å²) < 4.78 is 6.55. The number of ether oxygens (including phenoxy) is 1. The number of rotatable bonds is 5. The number of hydrogen-bond donors (Lipinski definition) is 1. The predicted molar refractivity (Wildman–Crippen MR) is 111 cm³/mol. The van der Waals surface area contributed by atoms with E-state index in [-0.39, 0.29) is 17.7 Å². The third kappa shape index (κ3) is 5.55. The molecule has 3 rings (SSSR count). The molecular weight excluding hydrogens is 436 g/mol. The summed E-state index contributed by atoms with van der Waals surface area (Å²) in [5.41, 5.74) is 0.481. The van der Waals surface area contributed by atoms with E-state index in [1.54, 1.807) is 48.4 Å². The molecule has 1 fully saturated rings. The average molecular weight is 457 g/mol. The van der Waals surface area contributed by atoms with Crippen molar-refractivity contribution in [3.63, 3.8) is 0 Å². The van der Waals surface area contributed by atoms with Gasteiger partial charge in [-0.05, 0) is 66.0 Å². The zero-order valence-electron chi connectivity index (χ0n) is 16.0. The average Bonchev–Trinajstić information content (AvgIpc) is 2.75. The largest absolute Gasteiger partial charge is 0.481 e. The first-order valence-corrected chi connectivity index (χ1v) is 10.1. The molecular formula is C21H21BrN4O3. The topological polar surface area (TPSA) is 95.3 Å². The maximum absolute atomic E-state index is 12.7. The van der Waals surface area contributed by atoms with Gasteiger partial charge in [0, 0.05) is 29.7 Å². The molecule has 7 nitrogen and oxygen atoms in total. The second kappa shape index (κ2) is 9.52. The molecule has 1 aromatic heterocycles. The third-order valence-corrected chi connectivity index (χ3v) is 5.25. The Morgan fingerprint density at radius 1 is 1.31 bits per heavy atom. The summed E-state index contributed by atoms with van der Waals surface area (Å²) in [5, 5.41) is 11.8. The van der Waals surface area contributed by atoms with Crippen LogP contribution in [0.4, 0.5) is 5.82 Å². The Morgan fingerprint density at radius 3 is 2.72 bits per heavy atom. The second-order valence-corrected chi connectivity index (χ2v) is 7.77. The summed E-state index contributed by atoms with van der Waals surface area (Å²) in [7, 11) is 0. The van der Waals surface area contributed by atoms with Crippen molar-refractivity contribution >= 4 is 33.6 Å². The quantitative estimate of drug-likeness (QED) is 0.743. The van der Waals surface area contributed by atoms with Crippen LogP contribution >= 0.6 is 15.9 Å². The molecule has 0 radical (unpaired) electrons. The fourth-order valence-corrected chi connectivity index (χ4v) is 3.43. The van der Waals surface area contributed by atoms with Gasteiger partial charge >= 0.3 is 0 Å². The molecule has 0 bridgehead atoms. The summed E-state index contributed by atoms with van der Waals surface area (Å²) in [6.45, 7) is 2.69. The second-order valence-electron chi connectivity index (χ2n) is 6.85. The van der Waals surface area contributed by atoms with Gasteiger partial charge in [0.15, 0.2) is 6.10 Å². The monoisotopic (exact) mass is 456 g/mol. The number of nitrogens with zero attached hydrogens (tertiary/aromatic N) is 3. The van der Waals surface area contributed by atoms with Crippen LogP contribution < -0.4 is 10.1 Å². The first kappa shape index (κ1) is 20.8. The number of amides is 2. The number of likely N-dealkylation sites (tertiary alicyclic amines) is 1. The van der Waals surface area contributed by atoms with Crippen molar-refractivity contribution in [3.05, 3.63) is 52.6 Å². The molecule has 1 aliphatic heterocycles. The normalized spacial score (nSPS) is 15.3. The first-order valence-electron chi connectivity index (χ1n) is 9.34. The van der Waals surface area contributed by atoms with Crippen LogP contribution in [0.15, 0.2) is 47.1 Å². The lowest BCUT2D eigenvalue weighted by Gasteiger charge is -2.32. The molecule has 0 spiro atoms. The smallest absolute Gasteiger partial charge is 0.263 e. The Labute approximate surface area is 177 Å². The highest BCUT2D eigenvalue weighted by molar-refractivity contribution is 9.10. The highest BCUT2D eigenvalue weighted by Crippen LogP contribution is 2.21. The van der Waals surface area contributed by atoms with Crippen LogP contribution in [0.2, 0.25) is 0 Å². The van der Waals surface area contributed by atoms with Crippen molar-refractivity contribution in [2.24, 2.45) is 5.92 Å². The maximum Gasteiger partial charge on any atom is 0.263 e. The minimum absolute atomic E-state index is 0.0791. The molecule has 2 aromatic rings. The lowest BCUT2D eigenvalue weighted by molar-refractivity contribution is -0.140. The van der Waals surface area contributed by atoms with Crippen LogP contribution in [0.3, 0.4) is 0 Å². The SMILES string of the molecule is CC(Oc1cccc(C#N)c1)C(=O)N1CCC(C(=O)Nc2ccc(Br)cn2)CC1. The highest BCUT2D eigenvalue weighted by Gasteiger charge is 2.30. The third-order valence-electron chi connectivity index (χ3n) is 4.78. The van der Waals surface area contributed by atoms with Crippen LogP contribution in [0, 0.1) is 17.2 Å². The number of nitriles is 1.